The first-order chi connectivity index (χ1) is 6.50. The molecule has 2 heteroatoms. The number of rotatable bonds is 3. The van der Waals surface area contributed by atoms with Crippen LogP contribution in [-0.2, 0) is 4.79 Å². The summed E-state index contributed by atoms with van der Waals surface area (Å²) in [4.78, 5) is 11.7. The molecule has 0 spiro atoms. The molecule has 1 N–H and O–H groups in total. The second kappa shape index (κ2) is 4.81. The van der Waals surface area contributed by atoms with Gasteiger partial charge in [-0.15, -0.1) is 0 Å². The largest absolute Gasteiger partial charge is 0.353 e. The van der Waals surface area contributed by atoms with Crippen molar-refractivity contribution in [3.05, 3.63) is 0 Å². The van der Waals surface area contributed by atoms with Gasteiger partial charge in [-0.25, -0.2) is 0 Å². The molecule has 0 aromatic heterocycles. The summed E-state index contributed by atoms with van der Waals surface area (Å²) in [6.45, 7) is 8.47. The SMILES string of the molecule is CC1CCC(NC(=O)C(C)C(C)C)C1. The van der Waals surface area contributed by atoms with Gasteiger partial charge in [-0.1, -0.05) is 27.7 Å². The van der Waals surface area contributed by atoms with Crippen LogP contribution < -0.4 is 5.32 Å². The molecule has 0 aromatic rings. The van der Waals surface area contributed by atoms with Crippen molar-refractivity contribution < 1.29 is 4.79 Å². The molecule has 1 rings (SSSR count). The third-order valence-corrected chi connectivity index (χ3v) is 3.45. The smallest absolute Gasteiger partial charge is 0.223 e. The predicted molar refractivity (Wildman–Crippen MR) is 58.9 cm³/mol. The first-order valence-corrected chi connectivity index (χ1v) is 5.81. The summed E-state index contributed by atoms with van der Waals surface area (Å²) in [5.41, 5.74) is 0. The summed E-state index contributed by atoms with van der Waals surface area (Å²) in [6, 6.07) is 0.443. The third-order valence-electron chi connectivity index (χ3n) is 3.45. The molecule has 0 saturated heterocycles. The van der Waals surface area contributed by atoms with Crippen LogP contribution in [0.5, 0.6) is 0 Å². The van der Waals surface area contributed by atoms with Crippen molar-refractivity contribution in [3.63, 3.8) is 0 Å². The minimum atomic E-state index is 0.144. The zero-order valence-corrected chi connectivity index (χ0v) is 9.84. The molecule has 0 aromatic carbocycles. The van der Waals surface area contributed by atoms with E-state index in [0.29, 0.717) is 12.0 Å². The fraction of sp³-hybridized carbons (Fsp3) is 0.917. The second-order valence-corrected chi connectivity index (χ2v) is 5.16. The lowest BCUT2D eigenvalue weighted by Crippen LogP contribution is -2.38. The van der Waals surface area contributed by atoms with E-state index in [9.17, 15) is 4.79 Å². The lowest BCUT2D eigenvalue weighted by Gasteiger charge is -2.19. The molecule has 1 saturated carbocycles. The third kappa shape index (κ3) is 3.00. The van der Waals surface area contributed by atoms with E-state index in [1.807, 2.05) is 6.92 Å². The van der Waals surface area contributed by atoms with Gasteiger partial charge in [-0.3, -0.25) is 4.79 Å². The van der Waals surface area contributed by atoms with Crippen molar-refractivity contribution in [1.82, 2.24) is 5.32 Å². The van der Waals surface area contributed by atoms with Gasteiger partial charge in [0.2, 0.25) is 5.91 Å². The predicted octanol–water partition coefficient (Wildman–Crippen LogP) is 2.58. The van der Waals surface area contributed by atoms with Crippen molar-refractivity contribution in [2.24, 2.45) is 17.8 Å². The molecule has 2 nitrogen and oxygen atoms in total. The van der Waals surface area contributed by atoms with Crippen molar-refractivity contribution >= 4 is 5.91 Å². The molecule has 14 heavy (non-hydrogen) atoms. The molecule has 0 aliphatic heterocycles. The Balaban J connectivity index is 2.33. The van der Waals surface area contributed by atoms with Crippen LogP contribution in [0.1, 0.15) is 47.0 Å². The molecule has 0 radical (unpaired) electrons. The van der Waals surface area contributed by atoms with E-state index in [2.05, 4.69) is 26.1 Å². The zero-order chi connectivity index (χ0) is 10.7. The van der Waals surface area contributed by atoms with E-state index in [4.69, 9.17) is 0 Å². The first-order valence-electron chi connectivity index (χ1n) is 5.81. The maximum absolute atomic E-state index is 11.7. The lowest BCUT2D eigenvalue weighted by molar-refractivity contribution is -0.126. The van der Waals surface area contributed by atoms with Crippen molar-refractivity contribution in [2.45, 2.75) is 53.0 Å². The zero-order valence-electron chi connectivity index (χ0n) is 9.84. The van der Waals surface area contributed by atoms with E-state index in [1.54, 1.807) is 0 Å². The fourth-order valence-corrected chi connectivity index (χ4v) is 1.97. The summed E-state index contributed by atoms with van der Waals surface area (Å²) in [6.07, 6.45) is 3.59. The average Bonchev–Trinajstić information content (AvgIpc) is 2.49. The quantitative estimate of drug-likeness (QED) is 0.740. The Morgan fingerprint density at radius 3 is 2.36 bits per heavy atom. The van der Waals surface area contributed by atoms with Crippen molar-refractivity contribution in [2.75, 3.05) is 0 Å². The van der Waals surface area contributed by atoms with E-state index in [-0.39, 0.29) is 11.8 Å². The van der Waals surface area contributed by atoms with Gasteiger partial charge in [0, 0.05) is 12.0 Å². The van der Waals surface area contributed by atoms with Crippen LogP contribution in [0, 0.1) is 17.8 Å². The second-order valence-electron chi connectivity index (χ2n) is 5.16. The van der Waals surface area contributed by atoms with Crippen LogP contribution in [0.3, 0.4) is 0 Å². The highest BCUT2D eigenvalue weighted by Gasteiger charge is 2.25. The Kier molecular flexibility index (Phi) is 3.97. The number of carbonyl (C=O) groups excluding carboxylic acids is 1. The molecule has 1 fully saturated rings. The Morgan fingerprint density at radius 1 is 1.29 bits per heavy atom. The highest BCUT2D eigenvalue weighted by atomic mass is 16.1. The summed E-state index contributed by atoms with van der Waals surface area (Å²) in [7, 11) is 0. The number of nitrogens with one attached hydrogen (secondary N) is 1. The van der Waals surface area contributed by atoms with Crippen molar-refractivity contribution in [1.29, 1.82) is 0 Å². The maximum atomic E-state index is 11.7. The molecular formula is C12H23NO. The topological polar surface area (TPSA) is 29.1 Å². The van der Waals surface area contributed by atoms with Crippen LogP contribution in [0.4, 0.5) is 0 Å². The summed E-state index contributed by atoms with van der Waals surface area (Å²) < 4.78 is 0. The summed E-state index contributed by atoms with van der Waals surface area (Å²) in [5, 5.41) is 3.15. The number of hydrogen-bond donors (Lipinski definition) is 1. The van der Waals surface area contributed by atoms with Gasteiger partial charge < -0.3 is 5.32 Å². The van der Waals surface area contributed by atoms with Crippen LogP contribution in [0.2, 0.25) is 0 Å². The standard InChI is InChI=1S/C12H23NO/c1-8(2)10(4)12(14)13-11-6-5-9(3)7-11/h8-11H,5-7H2,1-4H3,(H,13,14). The minimum Gasteiger partial charge on any atom is -0.353 e. The van der Waals surface area contributed by atoms with Crippen LogP contribution >= 0.6 is 0 Å². The Hall–Kier alpha value is -0.530. The van der Waals surface area contributed by atoms with E-state index in [0.717, 1.165) is 18.8 Å². The van der Waals surface area contributed by atoms with Gasteiger partial charge in [0.15, 0.2) is 0 Å². The van der Waals surface area contributed by atoms with Crippen molar-refractivity contribution in [3.8, 4) is 0 Å². The highest BCUT2D eigenvalue weighted by Crippen LogP contribution is 2.25. The Labute approximate surface area is 87.5 Å². The van der Waals surface area contributed by atoms with Crippen LogP contribution in [0.15, 0.2) is 0 Å². The fourth-order valence-electron chi connectivity index (χ4n) is 1.97. The normalized spacial score (nSPS) is 29.2. The van der Waals surface area contributed by atoms with E-state index < -0.39 is 0 Å². The monoisotopic (exact) mass is 197 g/mol. The summed E-state index contributed by atoms with van der Waals surface area (Å²) in [5.74, 6) is 1.61. The molecule has 0 heterocycles. The first kappa shape index (κ1) is 11.5. The Morgan fingerprint density at radius 2 is 1.93 bits per heavy atom. The number of carbonyl (C=O) groups is 1. The van der Waals surface area contributed by atoms with E-state index in [1.165, 1.54) is 6.42 Å². The molecule has 1 aliphatic carbocycles. The van der Waals surface area contributed by atoms with Gasteiger partial charge in [-0.2, -0.15) is 0 Å². The molecule has 0 bridgehead atoms. The van der Waals surface area contributed by atoms with Gasteiger partial charge >= 0.3 is 0 Å². The molecule has 1 aliphatic rings. The number of hydrogen-bond acceptors (Lipinski definition) is 1. The van der Waals surface area contributed by atoms with E-state index >= 15 is 0 Å². The molecule has 3 atom stereocenters. The molecule has 82 valence electrons. The molecule has 1 amide bonds. The maximum Gasteiger partial charge on any atom is 0.223 e. The summed E-state index contributed by atoms with van der Waals surface area (Å²) >= 11 is 0. The molecule has 3 unspecified atom stereocenters. The minimum absolute atomic E-state index is 0.144. The van der Waals surface area contributed by atoms with Gasteiger partial charge in [0.1, 0.15) is 0 Å². The highest BCUT2D eigenvalue weighted by molar-refractivity contribution is 5.78. The van der Waals surface area contributed by atoms with Gasteiger partial charge in [0.25, 0.3) is 0 Å². The number of amides is 1. The lowest BCUT2D eigenvalue weighted by atomic mass is 9.97. The Bertz CT molecular complexity index is 200. The average molecular weight is 197 g/mol. The molecular weight excluding hydrogens is 174 g/mol. The van der Waals surface area contributed by atoms with Gasteiger partial charge in [-0.05, 0) is 31.1 Å². The van der Waals surface area contributed by atoms with Crippen LogP contribution in [0.25, 0.3) is 0 Å². The van der Waals surface area contributed by atoms with Gasteiger partial charge in [0.05, 0.1) is 0 Å². The van der Waals surface area contributed by atoms with Crippen LogP contribution in [-0.4, -0.2) is 11.9 Å².